The monoisotopic (exact) mass is 299 g/mol. The van der Waals surface area contributed by atoms with E-state index in [4.69, 9.17) is 0 Å². The number of nitrogens with one attached hydrogen (secondary N) is 1. The fourth-order valence-corrected chi connectivity index (χ4v) is 3.23. The lowest BCUT2D eigenvalue weighted by Crippen LogP contribution is -2.50. The predicted molar refractivity (Wildman–Crippen MR) is 89.5 cm³/mol. The second kappa shape index (κ2) is 7.56. The Kier molecular flexibility index (Phi) is 5.24. The van der Waals surface area contributed by atoms with E-state index in [1.54, 1.807) is 0 Å². The van der Waals surface area contributed by atoms with Gasteiger partial charge in [0, 0.05) is 45.7 Å². The summed E-state index contributed by atoms with van der Waals surface area (Å²) in [6.07, 6.45) is 6.06. The molecule has 0 saturated carbocycles. The molecule has 0 spiro atoms. The van der Waals surface area contributed by atoms with Gasteiger partial charge in [0.25, 0.3) is 0 Å². The van der Waals surface area contributed by atoms with E-state index in [0.29, 0.717) is 12.3 Å². The van der Waals surface area contributed by atoms with Crippen molar-refractivity contribution in [3.05, 3.63) is 42.0 Å². The van der Waals surface area contributed by atoms with Crippen molar-refractivity contribution in [1.82, 2.24) is 15.1 Å². The van der Waals surface area contributed by atoms with Crippen LogP contribution in [-0.2, 0) is 4.79 Å². The number of likely N-dealkylation sites (tertiary alicyclic amines) is 1. The summed E-state index contributed by atoms with van der Waals surface area (Å²) in [5.41, 5.74) is 1.19. The van der Waals surface area contributed by atoms with Crippen molar-refractivity contribution in [3.63, 3.8) is 0 Å². The van der Waals surface area contributed by atoms with Gasteiger partial charge in [0.05, 0.1) is 6.04 Å². The van der Waals surface area contributed by atoms with Crippen LogP contribution in [0.25, 0.3) is 6.08 Å². The van der Waals surface area contributed by atoms with Crippen molar-refractivity contribution < 1.29 is 4.79 Å². The molecule has 1 aromatic rings. The summed E-state index contributed by atoms with van der Waals surface area (Å²) in [6.45, 7) is 6.06. The van der Waals surface area contributed by atoms with E-state index < -0.39 is 0 Å². The summed E-state index contributed by atoms with van der Waals surface area (Å²) in [5.74, 6) is 0.304. The van der Waals surface area contributed by atoms with Gasteiger partial charge in [-0.15, -0.1) is 0 Å². The lowest BCUT2D eigenvalue weighted by Gasteiger charge is -2.33. The van der Waals surface area contributed by atoms with E-state index in [2.05, 4.69) is 39.4 Å². The van der Waals surface area contributed by atoms with Crippen LogP contribution in [0.15, 0.2) is 36.4 Å². The standard InChI is InChI=1S/C18H25N3O/c22-18-7-4-12-21(18)17(15-20-13-10-19-11-14-20)9-8-16-5-2-1-3-6-16/h1-3,5-6,8-9,17,19H,4,7,10-15H2/b9-8+. The molecular formula is C18H25N3O. The number of hydrogen-bond donors (Lipinski definition) is 1. The van der Waals surface area contributed by atoms with Gasteiger partial charge in [-0.2, -0.15) is 0 Å². The number of benzene rings is 1. The molecule has 2 saturated heterocycles. The second-order valence-electron chi connectivity index (χ2n) is 6.08. The van der Waals surface area contributed by atoms with Crippen LogP contribution in [0, 0.1) is 0 Å². The maximum absolute atomic E-state index is 12.1. The van der Waals surface area contributed by atoms with Crippen LogP contribution in [0.2, 0.25) is 0 Å². The third-order valence-electron chi connectivity index (χ3n) is 4.48. The minimum atomic E-state index is 0.188. The van der Waals surface area contributed by atoms with Crippen LogP contribution in [0.3, 0.4) is 0 Å². The highest BCUT2D eigenvalue weighted by atomic mass is 16.2. The first-order valence-electron chi connectivity index (χ1n) is 8.29. The molecule has 1 amide bonds. The summed E-state index contributed by atoms with van der Waals surface area (Å²) in [4.78, 5) is 16.6. The van der Waals surface area contributed by atoms with E-state index in [1.807, 2.05) is 18.2 Å². The highest BCUT2D eigenvalue weighted by Crippen LogP contribution is 2.17. The van der Waals surface area contributed by atoms with Crippen LogP contribution >= 0.6 is 0 Å². The molecule has 3 rings (SSSR count). The number of rotatable bonds is 5. The molecule has 0 bridgehead atoms. The highest BCUT2D eigenvalue weighted by Gasteiger charge is 2.27. The van der Waals surface area contributed by atoms with Crippen LogP contribution in [0.5, 0.6) is 0 Å². The summed E-state index contributed by atoms with van der Waals surface area (Å²) < 4.78 is 0. The van der Waals surface area contributed by atoms with Crippen molar-refractivity contribution in [2.75, 3.05) is 39.3 Å². The van der Waals surface area contributed by atoms with E-state index in [9.17, 15) is 4.79 Å². The fraction of sp³-hybridized carbons (Fsp3) is 0.500. The van der Waals surface area contributed by atoms with Crippen molar-refractivity contribution in [2.24, 2.45) is 0 Å². The third-order valence-corrected chi connectivity index (χ3v) is 4.48. The number of carbonyl (C=O) groups excluding carboxylic acids is 1. The maximum atomic E-state index is 12.1. The Hall–Kier alpha value is -1.65. The summed E-state index contributed by atoms with van der Waals surface area (Å²) >= 11 is 0. The van der Waals surface area contributed by atoms with Gasteiger partial charge in [0.2, 0.25) is 5.91 Å². The maximum Gasteiger partial charge on any atom is 0.223 e. The SMILES string of the molecule is O=C1CCCN1C(/C=C/c1ccccc1)CN1CCNCC1. The molecule has 2 fully saturated rings. The molecule has 1 N–H and O–H groups in total. The van der Waals surface area contributed by atoms with Crippen molar-refractivity contribution in [1.29, 1.82) is 0 Å². The molecule has 118 valence electrons. The quantitative estimate of drug-likeness (QED) is 0.897. The molecule has 2 aliphatic heterocycles. The lowest BCUT2D eigenvalue weighted by molar-refractivity contribution is -0.129. The van der Waals surface area contributed by atoms with Crippen LogP contribution < -0.4 is 5.32 Å². The number of carbonyl (C=O) groups is 1. The first-order valence-corrected chi connectivity index (χ1v) is 8.29. The van der Waals surface area contributed by atoms with Gasteiger partial charge in [-0.05, 0) is 12.0 Å². The van der Waals surface area contributed by atoms with E-state index >= 15 is 0 Å². The molecule has 1 atom stereocenters. The molecule has 0 aliphatic carbocycles. The Balaban J connectivity index is 1.70. The van der Waals surface area contributed by atoms with Gasteiger partial charge < -0.3 is 10.2 Å². The molecule has 2 aliphatic rings. The zero-order valence-corrected chi connectivity index (χ0v) is 13.1. The Morgan fingerprint density at radius 3 is 2.59 bits per heavy atom. The third kappa shape index (κ3) is 3.96. The number of amides is 1. The normalized spacial score (nSPS) is 21.6. The van der Waals surface area contributed by atoms with Gasteiger partial charge >= 0.3 is 0 Å². The van der Waals surface area contributed by atoms with Gasteiger partial charge in [-0.3, -0.25) is 9.69 Å². The lowest BCUT2D eigenvalue weighted by atomic mass is 10.1. The molecule has 0 aromatic heterocycles. The largest absolute Gasteiger partial charge is 0.335 e. The zero-order valence-electron chi connectivity index (χ0n) is 13.1. The second-order valence-corrected chi connectivity index (χ2v) is 6.08. The summed E-state index contributed by atoms with van der Waals surface area (Å²) in [6, 6.07) is 10.5. The van der Waals surface area contributed by atoms with E-state index in [-0.39, 0.29) is 6.04 Å². The molecule has 2 heterocycles. The van der Waals surface area contributed by atoms with Gasteiger partial charge in [0.15, 0.2) is 0 Å². The van der Waals surface area contributed by atoms with Crippen LogP contribution in [-0.4, -0.2) is 61.0 Å². The molecule has 0 radical (unpaired) electrons. The minimum Gasteiger partial charge on any atom is -0.335 e. The first kappa shape index (κ1) is 15.3. The Labute approximate surface area is 132 Å². The molecule has 4 heteroatoms. The van der Waals surface area contributed by atoms with Crippen molar-refractivity contribution in [2.45, 2.75) is 18.9 Å². The van der Waals surface area contributed by atoms with Crippen LogP contribution in [0.4, 0.5) is 0 Å². The number of piperazine rings is 1. The molecule has 1 aromatic carbocycles. The zero-order chi connectivity index (χ0) is 15.2. The van der Waals surface area contributed by atoms with Crippen LogP contribution in [0.1, 0.15) is 18.4 Å². The Morgan fingerprint density at radius 1 is 1.14 bits per heavy atom. The van der Waals surface area contributed by atoms with E-state index in [0.717, 1.165) is 45.7 Å². The fourth-order valence-electron chi connectivity index (χ4n) is 3.23. The highest BCUT2D eigenvalue weighted by molar-refractivity contribution is 5.78. The minimum absolute atomic E-state index is 0.188. The molecule has 4 nitrogen and oxygen atoms in total. The average Bonchev–Trinajstić information content (AvgIpc) is 2.99. The molecular weight excluding hydrogens is 274 g/mol. The van der Waals surface area contributed by atoms with Gasteiger partial charge in [-0.25, -0.2) is 0 Å². The molecule has 1 unspecified atom stereocenters. The average molecular weight is 299 g/mol. The summed E-state index contributed by atoms with van der Waals surface area (Å²) in [5, 5.41) is 3.38. The summed E-state index contributed by atoms with van der Waals surface area (Å²) in [7, 11) is 0. The predicted octanol–water partition coefficient (Wildman–Crippen LogP) is 1.60. The molecule has 22 heavy (non-hydrogen) atoms. The van der Waals surface area contributed by atoms with Gasteiger partial charge in [0.1, 0.15) is 0 Å². The number of hydrogen-bond acceptors (Lipinski definition) is 3. The van der Waals surface area contributed by atoms with Gasteiger partial charge in [-0.1, -0.05) is 42.5 Å². The Morgan fingerprint density at radius 2 is 1.91 bits per heavy atom. The topological polar surface area (TPSA) is 35.6 Å². The van der Waals surface area contributed by atoms with E-state index in [1.165, 1.54) is 5.56 Å². The Bertz CT molecular complexity index is 508. The van der Waals surface area contributed by atoms with Crippen molar-refractivity contribution >= 4 is 12.0 Å². The first-order chi connectivity index (χ1) is 10.8. The van der Waals surface area contributed by atoms with Crippen molar-refractivity contribution in [3.8, 4) is 0 Å². The number of nitrogens with zero attached hydrogens (tertiary/aromatic N) is 2. The smallest absolute Gasteiger partial charge is 0.223 e.